The molecule has 1 heteroatoms. The second kappa shape index (κ2) is 1.22. The van der Waals surface area contributed by atoms with Crippen molar-refractivity contribution in [3.05, 3.63) is 0 Å². The first-order valence-electron chi connectivity index (χ1n) is 2.79. The van der Waals surface area contributed by atoms with Gasteiger partial charge in [0.1, 0.15) is 0 Å². The van der Waals surface area contributed by atoms with Crippen molar-refractivity contribution in [3.8, 4) is 0 Å². The van der Waals surface area contributed by atoms with Crippen molar-refractivity contribution in [2.75, 3.05) is 6.61 Å². The summed E-state index contributed by atoms with van der Waals surface area (Å²) in [5, 5.41) is 0. The summed E-state index contributed by atoms with van der Waals surface area (Å²) in [4.78, 5) is 0. The van der Waals surface area contributed by atoms with Gasteiger partial charge in [-0.25, -0.2) is 0 Å². The molecule has 1 atom stereocenters. The average molecular weight is 100 g/mol. The van der Waals surface area contributed by atoms with Gasteiger partial charge in [-0.05, 0) is 12.8 Å². The Morgan fingerprint density at radius 3 is 2.00 bits per heavy atom. The molecule has 0 aromatic carbocycles. The largest absolute Gasteiger partial charge is 0.370 e. The standard InChI is InChI=1S/C6H12O/c1-5(2)6(3)4-7-6/h5H,4H2,1-3H3/t6-/m0/s1. The molecule has 0 radical (unpaired) electrons. The summed E-state index contributed by atoms with van der Waals surface area (Å²) in [6.07, 6.45) is 0. The van der Waals surface area contributed by atoms with E-state index in [-0.39, 0.29) is 5.60 Å². The highest BCUT2D eigenvalue weighted by Gasteiger charge is 2.41. The van der Waals surface area contributed by atoms with Crippen LogP contribution in [-0.2, 0) is 4.74 Å². The summed E-state index contributed by atoms with van der Waals surface area (Å²) < 4.78 is 5.16. The maximum Gasteiger partial charge on any atom is 0.0911 e. The smallest absolute Gasteiger partial charge is 0.0911 e. The summed E-state index contributed by atoms with van der Waals surface area (Å²) in [6.45, 7) is 7.49. The molecule has 1 saturated heterocycles. The molecular weight excluding hydrogens is 88.1 g/mol. The Labute approximate surface area is 44.7 Å². The summed E-state index contributed by atoms with van der Waals surface area (Å²) in [6, 6.07) is 0. The van der Waals surface area contributed by atoms with Gasteiger partial charge in [0.05, 0.1) is 12.2 Å². The van der Waals surface area contributed by atoms with E-state index in [2.05, 4.69) is 20.8 Å². The number of hydrogen-bond acceptors (Lipinski definition) is 1. The van der Waals surface area contributed by atoms with Gasteiger partial charge in [-0.3, -0.25) is 0 Å². The first kappa shape index (κ1) is 5.10. The predicted molar refractivity (Wildman–Crippen MR) is 29.2 cm³/mol. The van der Waals surface area contributed by atoms with E-state index in [0.29, 0.717) is 5.92 Å². The van der Waals surface area contributed by atoms with Crippen LogP contribution in [0.1, 0.15) is 20.8 Å². The van der Waals surface area contributed by atoms with Crippen LogP contribution in [0.25, 0.3) is 0 Å². The van der Waals surface area contributed by atoms with Crippen LogP contribution in [0.15, 0.2) is 0 Å². The predicted octanol–water partition coefficient (Wildman–Crippen LogP) is 1.43. The molecule has 0 amide bonds. The Balaban J connectivity index is 2.39. The van der Waals surface area contributed by atoms with Gasteiger partial charge in [0.2, 0.25) is 0 Å². The first-order chi connectivity index (χ1) is 3.15. The van der Waals surface area contributed by atoms with Crippen LogP contribution < -0.4 is 0 Å². The topological polar surface area (TPSA) is 12.5 Å². The lowest BCUT2D eigenvalue weighted by Gasteiger charge is -2.06. The van der Waals surface area contributed by atoms with Gasteiger partial charge in [-0.1, -0.05) is 13.8 Å². The lowest BCUT2D eigenvalue weighted by Crippen LogP contribution is -2.12. The highest BCUT2D eigenvalue weighted by molar-refractivity contribution is 4.89. The van der Waals surface area contributed by atoms with Crippen molar-refractivity contribution in [1.82, 2.24) is 0 Å². The maximum absolute atomic E-state index is 5.16. The third-order valence-electron chi connectivity index (χ3n) is 1.82. The Hall–Kier alpha value is -0.0400. The van der Waals surface area contributed by atoms with Crippen LogP contribution in [0, 0.1) is 5.92 Å². The zero-order chi connectivity index (χ0) is 5.49. The van der Waals surface area contributed by atoms with E-state index >= 15 is 0 Å². The fraction of sp³-hybridized carbons (Fsp3) is 1.00. The SMILES string of the molecule is CC(C)[C@]1(C)CO1. The minimum Gasteiger partial charge on any atom is -0.370 e. The molecule has 7 heavy (non-hydrogen) atoms. The van der Waals surface area contributed by atoms with Crippen LogP contribution in [0.5, 0.6) is 0 Å². The molecule has 1 heterocycles. The quantitative estimate of drug-likeness (QED) is 0.454. The third kappa shape index (κ3) is 0.778. The second-order valence-corrected chi connectivity index (χ2v) is 2.76. The Morgan fingerprint density at radius 1 is 1.57 bits per heavy atom. The minimum absolute atomic E-state index is 0.250. The van der Waals surface area contributed by atoms with E-state index in [4.69, 9.17) is 4.74 Å². The zero-order valence-electron chi connectivity index (χ0n) is 5.19. The molecule has 1 aliphatic heterocycles. The summed E-state index contributed by atoms with van der Waals surface area (Å²) in [5.41, 5.74) is 0.250. The molecular formula is C6H12O. The maximum atomic E-state index is 5.16. The fourth-order valence-electron chi connectivity index (χ4n) is 0.447. The first-order valence-corrected chi connectivity index (χ1v) is 2.79. The molecule has 0 aromatic heterocycles. The fourth-order valence-corrected chi connectivity index (χ4v) is 0.447. The third-order valence-corrected chi connectivity index (χ3v) is 1.82. The molecule has 0 aromatic rings. The van der Waals surface area contributed by atoms with Gasteiger partial charge in [-0.15, -0.1) is 0 Å². The summed E-state index contributed by atoms with van der Waals surface area (Å²) >= 11 is 0. The molecule has 1 aliphatic rings. The zero-order valence-corrected chi connectivity index (χ0v) is 5.19. The Kier molecular flexibility index (Phi) is 0.890. The van der Waals surface area contributed by atoms with E-state index in [1.807, 2.05) is 0 Å². The lowest BCUT2D eigenvalue weighted by atomic mass is 10.00. The molecule has 0 bridgehead atoms. The van der Waals surface area contributed by atoms with E-state index < -0.39 is 0 Å². The van der Waals surface area contributed by atoms with Crippen LogP contribution in [-0.4, -0.2) is 12.2 Å². The molecule has 0 unspecified atom stereocenters. The Morgan fingerprint density at radius 2 is 2.00 bits per heavy atom. The molecule has 0 aliphatic carbocycles. The van der Waals surface area contributed by atoms with Gasteiger partial charge < -0.3 is 4.74 Å². The Bertz CT molecular complexity index is 72.2. The monoisotopic (exact) mass is 100 g/mol. The number of rotatable bonds is 1. The van der Waals surface area contributed by atoms with Crippen LogP contribution in [0.2, 0.25) is 0 Å². The number of ether oxygens (including phenoxy) is 1. The molecule has 0 saturated carbocycles. The van der Waals surface area contributed by atoms with Crippen molar-refractivity contribution < 1.29 is 4.74 Å². The highest BCUT2D eigenvalue weighted by atomic mass is 16.6. The highest BCUT2D eigenvalue weighted by Crippen LogP contribution is 2.33. The van der Waals surface area contributed by atoms with Gasteiger partial charge in [0.25, 0.3) is 0 Å². The van der Waals surface area contributed by atoms with Gasteiger partial charge >= 0.3 is 0 Å². The number of epoxide rings is 1. The molecule has 1 fully saturated rings. The molecule has 1 rings (SSSR count). The lowest BCUT2D eigenvalue weighted by molar-refractivity contribution is 0.260. The summed E-state index contributed by atoms with van der Waals surface area (Å²) in [5.74, 6) is 0.687. The van der Waals surface area contributed by atoms with Crippen LogP contribution >= 0.6 is 0 Å². The minimum atomic E-state index is 0.250. The average Bonchev–Trinajstić information content (AvgIpc) is 2.21. The summed E-state index contributed by atoms with van der Waals surface area (Å²) in [7, 11) is 0. The molecule has 1 nitrogen and oxygen atoms in total. The van der Waals surface area contributed by atoms with Crippen LogP contribution in [0.4, 0.5) is 0 Å². The van der Waals surface area contributed by atoms with Gasteiger partial charge in [0, 0.05) is 0 Å². The van der Waals surface area contributed by atoms with Crippen molar-refractivity contribution in [2.45, 2.75) is 26.4 Å². The van der Waals surface area contributed by atoms with Gasteiger partial charge in [-0.2, -0.15) is 0 Å². The molecule has 42 valence electrons. The van der Waals surface area contributed by atoms with Crippen molar-refractivity contribution in [2.24, 2.45) is 5.92 Å². The van der Waals surface area contributed by atoms with Gasteiger partial charge in [0.15, 0.2) is 0 Å². The van der Waals surface area contributed by atoms with E-state index in [1.54, 1.807) is 0 Å². The van der Waals surface area contributed by atoms with Crippen molar-refractivity contribution in [3.63, 3.8) is 0 Å². The molecule has 0 N–H and O–H groups in total. The van der Waals surface area contributed by atoms with Crippen molar-refractivity contribution in [1.29, 1.82) is 0 Å². The van der Waals surface area contributed by atoms with E-state index in [9.17, 15) is 0 Å². The second-order valence-electron chi connectivity index (χ2n) is 2.76. The van der Waals surface area contributed by atoms with E-state index in [0.717, 1.165) is 6.61 Å². The number of hydrogen-bond donors (Lipinski definition) is 0. The molecule has 0 spiro atoms. The van der Waals surface area contributed by atoms with Crippen molar-refractivity contribution >= 4 is 0 Å². The normalized spacial score (nSPS) is 39.4. The van der Waals surface area contributed by atoms with Crippen LogP contribution in [0.3, 0.4) is 0 Å². The van der Waals surface area contributed by atoms with E-state index in [1.165, 1.54) is 0 Å².